The highest BCUT2D eigenvalue weighted by Gasteiger charge is 2.62. The number of aliphatic hydroxyl groups is 1. The van der Waals surface area contributed by atoms with Gasteiger partial charge in [0.2, 0.25) is 0 Å². The van der Waals surface area contributed by atoms with Crippen molar-refractivity contribution in [2.75, 3.05) is 7.11 Å². The van der Waals surface area contributed by atoms with Crippen LogP contribution in [0.5, 0.6) is 0 Å². The lowest BCUT2D eigenvalue weighted by Crippen LogP contribution is -2.58. The standard InChI is InChI=1S/C25H40O4/c1-15(5-8-22(28)29-4)18-6-7-19-23-20(10-12-25(18,19)3)24(2)11-9-17(26)13-16(24)14-21(23)27/h15-16,18-21,23,27H,5-14H2,1-4H3/t15-,16?,18?,19?,20?,21-,23?,24+,25-/m1/s1. The molecule has 4 heteroatoms. The molecule has 29 heavy (non-hydrogen) atoms. The zero-order valence-electron chi connectivity index (χ0n) is 18.8. The number of carbonyl (C=O) groups is 2. The van der Waals surface area contributed by atoms with E-state index in [4.69, 9.17) is 4.74 Å². The second-order valence-corrected chi connectivity index (χ2v) is 11.4. The number of ether oxygens (including phenoxy) is 1. The Labute approximate surface area is 176 Å². The third-order valence-electron chi connectivity index (χ3n) is 10.3. The number of ketones is 1. The van der Waals surface area contributed by atoms with Crippen molar-refractivity contribution in [3.8, 4) is 0 Å². The molecule has 0 heterocycles. The minimum Gasteiger partial charge on any atom is -0.469 e. The van der Waals surface area contributed by atoms with Crippen molar-refractivity contribution in [1.82, 2.24) is 0 Å². The van der Waals surface area contributed by atoms with Crippen molar-refractivity contribution in [2.45, 2.75) is 91.1 Å². The van der Waals surface area contributed by atoms with Gasteiger partial charge in [0.1, 0.15) is 5.78 Å². The first kappa shape index (κ1) is 21.3. The van der Waals surface area contributed by atoms with Crippen LogP contribution in [0.25, 0.3) is 0 Å². The fraction of sp³-hybridized carbons (Fsp3) is 0.920. The molecule has 164 valence electrons. The molecular weight excluding hydrogens is 364 g/mol. The van der Waals surface area contributed by atoms with E-state index in [0.29, 0.717) is 54.1 Å². The predicted octanol–water partition coefficient (Wildman–Crippen LogP) is 4.77. The molecule has 0 saturated heterocycles. The fourth-order valence-electron chi connectivity index (χ4n) is 8.64. The fourth-order valence-corrected chi connectivity index (χ4v) is 8.64. The van der Waals surface area contributed by atoms with E-state index in [-0.39, 0.29) is 22.9 Å². The summed E-state index contributed by atoms with van der Waals surface area (Å²) in [5.41, 5.74) is 0.499. The van der Waals surface area contributed by atoms with Crippen molar-refractivity contribution in [3.63, 3.8) is 0 Å². The lowest BCUT2D eigenvalue weighted by Gasteiger charge is -2.62. The molecule has 0 radical (unpaired) electrons. The molecular formula is C25H40O4. The molecule has 4 aliphatic rings. The van der Waals surface area contributed by atoms with E-state index < -0.39 is 0 Å². The molecule has 0 spiro atoms. The number of aliphatic hydroxyl groups excluding tert-OH is 1. The zero-order valence-corrected chi connectivity index (χ0v) is 18.8. The smallest absolute Gasteiger partial charge is 0.305 e. The normalized spacial score (nSPS) is 47.7. The number of methoxy groups -OCH3 is 1. The van der Waals surface area contributed by atoms with Gasteiger partial charge in [0.15, 0.2) is 0 Å². The Morgan fingerprint density at radius 2 is 1.90 bits per heavy atom. The topological polar surface area (TPSA) is 63.6 Å². The average Bonchev–Trinajstić information content (AvgIpc) is 3.04. The highest BCUT2D eigenvalue weighted by Crippen LogP contribution is 2.68. The highest BCUT2D eigenvalue weighted by molar-refractivity contribution is 5.79. The summed E-state index contributed by atoms with van der Waals surface area (Å²) < 4.78 is 4.85. The van der Waals surface area contributed by atoms with Crippen LogP contribution in [-0.2, 0) is 14.3 Å². The maximum Gasteiger partial charge on any atom is 0.305 e. The van der Waals surface area contributed by atoms with E-state index in [9.17, 15) is 14.7 Å². The highest BCUT2D eigenvalue weighted by atomic mass is 16.5. The monoisotopic (exact) mass is 404 g/mol. The average molecular weight is 405 g/mol. The van der Waals surface area contributed by atoms with Crippen LogP contribution in [0.1, 0.15) is 85.0 Å². The van der Waals surface area contributed by atoms with Crippen molar-refractivity contribution < 1.29 is 19.4 Å². The Bertz CT molecular complexity index is 659. The van der Waals surface area contributed by atoms with E-state index in [2.05, 4.69) is 20.8 Å². The number of hydrogen-bond donors (Lipinski definition) is 1. The van der Waals surface area contributed by atoms with Gasteiger partial charge in [-0.3, -0.25) is 9.59 Å². The van der Waals surface area contributed by atoms with Crippen molar-refractivity contribution >= 4 is 11.8 Å². The van der Waals surface area contributed by atoms with Crippen LogP contribution in [0, 0.1) is 46.3 Å². The number of fused-ring (bicyclic) bond motifs is 5. The van der Waals surface area contributed by atoms with Gasteiger partial charge in [-0.1, -0.05) is 20.8 Å². The van der Waals surface area contributed by atoms with E-state index >= 15 is 0 Å². The molecule has 0 bridgehead atoms. The molecule has 4 aliphatic carbocycles. The van der Waals surface area contributed by atoms with E-state index in [1.54, 1.807) is 0 Å². The summed E-state index contributed by atoms with van der Waals surface area (Å²) in [6.45, 7) is 7.22. The van der Waals surface area contributed by atoms with Crippen LogP contribution < -0.4 is 0 Å². The lowest BCUT2D eigenvalue weighted by atomic mass is 9.44. The number of carbonyl (C=O) groups excluding carboxylic acids is 2. The number of hydrogen-bond acceptors (Lipinski definition) is 4. The Balaban J connectivity index is 1.53. The predicted molar refractivity (Wildman–Crippen MR) is 112 cm³/mol. The summed E-state index contributed by atoms with van der Waals surface area (Å²) in [4.78, 5) is 23.7. The Morgan fingerprint density at radius 3 is 2.62 bits per heavy atom. The van der Waals surface area contributed by atoms with Crippen molar-refractivity contribution in [2.24, 2.45) is 46.3 Å². The third kappa shape index (κ3) is 3.38. The van der Waals surface area contributed by atoms with Gasteiger partial charge in [-0.25, -0.2) is 0 Å². The Morgan fingerprint density at radius 1 is 1.17 bits per heavy atom. The molecule has 0 amide bonds. The molecule has 4 saturated carbocycles. The molecule has 1 N–H and O–H groups in total. The van der Waals surface area contributed by atoms with E-state index in [0.717, 1.165) is 25.7 Å². The summed E-state index contributed by atoms with van der Waals surface area (Å²) in [5, 5.41) is 11.3. The van der Waals surface area contributed by atoms with Gasteiger partial charge in [-0.15, -0.1) is 0 Å². The molecule has 0 aromatic rings. The number of esters is 1. The first-order chi connectivity index (χ1) is 13.7. The summed E-state index contributed by atoms with van der Waals surface area (Å²) in [6.07, 6.45) is 9.27. The van der Waals surface area contributed by atoms with E-state index in [1.165, 1.54) is 32.8 Å². The van der Waals surface area contributed by atoms with E-state index in [1.807, 2.05) is 0 Å². The van der Waals surface area contributed by atoms with Crippen molar-refractivity contribution in [1.29, 1.82) is 0 Å². The first-order valence-corrected chi connectivity index (χ1v) is 12.0. The Hall–Kier alpha value is -0.900. The van der Waals surface area contributed by atoms with Crippen LogP contribution in [0.2, 0.25) is 0 Å². The van der Waals surface area contributed by atoms with Gasteiger partial charge in [0.25, 0.3) is 0 Å². The summed E-state index contributed by atoms with van der Waals surface area (Å²) in [6, 6.07) is 0. The zero-order chi connectivity index (χ0) is 21.0. The minimum atomic E-state index is -0.252. The summed E-state index contributed by atoms with van der Waals surface area (Å²) >= 11 is 0. The van der Waals surface area contributed by atoms with Gasteiger partial charge < -0.3 is 9.84 Å². The van der Waals surface area contributed by atoms with Gasteiger partial charge in [0, 0.05) is 19.3 Å². The molecule has 4 nitrogen and oxygen atoms in total. The van der Waals surface area contributed by atoms with Gasteiger partial charge >= 0.3 is 5.97 Å². The second-order valence-electron chi connectivity index (χ2n) is 11.4. The molecule has 5 unspecified atom stereocenters. The quantitative estimate of drug-likeness (QED) is 0.685. The summed E-state index contributed by atoms with van der Waals surface area (Å²) in [5.74, 6) is 3.35. The van der Waals surface area contributed by atoms with Crippen LogP contribution in [0.15, 0.2) is 0 Å². The first-order valence-electron chi connectivity index (χ1n) is 12.0. The van der Waals surface area contributed by atoms with Crippen LogP contribution in [-0.4, -0.2) is 30.1 Å². The molecule has 4 fully saturated rings. The molecule has 4 rings (SSSR count). The molecule has 0 aromatic carbocycles. The maximum atomic E-state index is 12.1. The second kappa shape index (κ2) is 7.66. The summed E-state index contributed by atoms with van der Waals surface area (Å²) in [7, 11) is 1.47. The van der Waals surface area contributed by atoms with Crippen molar-refractivity contribution in [3.05, 3.63) is 0 Å². The van der Waals surface area contributed by atoms with Crippen LogP contribution in [0.4, 0.5) is 0 Å². The lowest BCUT2D eigenvalue weighted by molar-refractivity contribution is -0.169. The largest absolute Gasteiger partial charge is 0.469 e. The number of Topliss-reactive ketones (excluding diaryl/α,β-unsaturated/α-hetero) is 1. The van der Waals surface area contributed by atoms with Gasteiger partial charge in [-0.2, -0.15) is 0 Å². The SMILES string of the molecule is COC(=O)CC[C@@H](C)C1CCC2C3C(CC[C@@]21C)[C@@]1(C)CCC(=O)CC1C[C@H]3O. The Kier molecular flexibility index (Phi) is 5.63. The minimum absolute atomic E-state index is 0.103. The molecule has 0 aliphatic heterocycles. The molecule has 9 atom stereocenters. The van der Waals surface area contributed by atoms with Gasteiger partial charge in [-0.05, 0) is 91.3 Å². The van der Waals surface area contributed by atoms with Gasteiger partial charge in [0.05, 0.1) is 13.2 Å². The maximum absolute atomic E-state index is 12.1. The van der Waals surface area contributed by atoms with Crippen LogP contribution in [0.3, 0.4) is 0 Å². The molecule has 0 aromatic heterocycles. The third-order valence-corrected chi connectivity index (χ3v) is 10.3. The van der Waals surface area contributed by atoms with Crippen LogP contribution >= 0.6 is 0 Å². The number of rotatable bonds is 4.